The molecule has 17 rings (SSSR count). The summed E-state index contributed by atoms with van der Waals surface area (Å²) in [6.45, 7) is 6.87. The van der Waals surface area contributed by atoms with Gasteiger partial charge in [-0.1, -0.05) is 40.0 Å². The van der Waals surface area contributed by atoms with E-state index in [9.17, 15) is 64.0 Å². The van der Waals surface area contributed by atoms with Gasteiger partial charge in [-0.3, -0.25) is 38.4 Å². The molecule has 0 radical (unpaired) electrons. The number of hydrogen-bond acceptors (Lipinski definition) is 28. The largest absolute Gasteiger partial charge is 0.494 e. The van der Waals surface area contributed by atoms with Crippen molar-refractivity contribution >= 4 is 80.5 Å². The van der Waals surface area contributed by atoms with Gasteiger partial charge in [0, 0.05) is 56.6 Å². The van der Waals surface area contributed by atoms with Crippen LogP contribution < -0.4 is 83.0 Å². The maximum absolute atomic E-state index is 16.8. The molecule has 131 heavy (non-hydrogen) atoms. The first-order valence-corrected chi connectivity index (χ1v) is 49.9. The minimum absolute atomic E-state index is 0.00923. The second kappa shape index (κ2) is 43.8. The Labute approximate surface area is 774 Å². The number of aliphatic hydroxyl groups is 9. The number of likely N-dealkylation sites (N-methyl/N-ethyl adjacent to an activating group) is 1. The molecule has 2 aromatic rings. The Morgan fingerprint density at radius 2 is 1.28 bits per heavy atom. The van der Waals surface area contributed by atoms with Crippen LogP contribution in [0.2, 0.25) is 0 Å². The normalized spacial score (nSPS) is 40.0. The molecule has 2 aromatic carbocycles. The summed E-state index contributed by atoms with van der Waals surface area (Å²) in [6, 6.07) is -5.12. The number of hydrogen-bond donors (Lipinski definition) is 21. The standard InChI is InChI=1S/C91H138Cl2N12O25S/c1-6-7-8-9-22-125-51-13-15-52(16-14-51)131(123,124)98-21-20-97-38-55-62(108)35-54-70(81(55)114)53-29-44(10-17-61(53)107)72-87(118)105-76(91(122)103-74(54)89(120)100-71-47-25-42-24-43(27-47)28-48(71)26-42)79(112)46-12-19-64(57(93)31-46)128-66-33-49-32-65(83(66)129-67-34-50(39-106)80(113)82(115)84(67)130-69-36-58(94)77(110)41(4)126-69)127-63-18-11-45(30-56(63)92)78(111)75(104-85(116)59(96-5)23-40(2)3)90(121)99-60(37-68(95)109)86(117)101-73(49)88(119)102-72/h13-16,32-33,40-48,50,53-64,67,69-82,84,96-98,106-108,110-115H,6-12,17-31,34-39,94H2,1-5H3,(H2,95,109)(H,99,121)(H,100,120)(H,101,117)(H,102,119)(H,103,122)(H,104,116)(H,105,118)/t41-,42?,43?,44-,45-,46-,47?,48?,50+,53?,54?,55?,56+,57-,58-,59+,60-,61+,62-,63+,64+,67+,69-,70?,71?,72+,73+,74-,75+,76-,77+,78+,79+,80+,81-,82-,84-/m0/s1. The number of sulfonamides is 1. The second-order valence-electron chi connectivity index (χ2n) is 39.9. The van der Waals surface area contributed by atoms with Gasteiger partial charge in [0.15, 0.2) is 17.8 Å². The molecule has 9 saturated carbocycles. The number of rotatable bonds is 27. The van der Waals surface area contributed by atoms with Crippen LogP contribution in [0.1, 0.15) is 187 Å². The van der Waals surface area contributed by atoms with Crippen LogP contribution in [-0.2, 0) is 57.9 Å². The molecule has 11 fully saturated rings. The number of carbonyl (C=O) groups excluding carboxylic acids is 8. The molecule has 37 nitrogen and oxygen atoms in total. The van der Waals surface area contributed by atoms with E-state index in [0.29, 0.717) is 24.2 Å². The van der Waals surface area contributed by atoms with Crippen molar-refractivity contribution in [1.29, 1.82) is 0 Å². The number of ether oxygens (including phenoxy) is 6. The third-order valence-electron chi connectivity index (χ3n) is 30.5. The van der Waals surface area contributed by atoms with Gasteiger partial charge in [-0.2, -0.15) is 0 Å². The number of unbranched alkanes of at least 4 members (excludes halogenated alkanes) is 3. The third kappa shape index (κ3) is 23.1. The highest BCUT2D eigenvalue weighted by molar-refractivity contribution is 7.89. The molecule has 32 atom stereocenters. The molecule has 40 heteroatoms. The average Bonchev–Trinajstić information content (AvgIpc) is 0.749. The summed E-state index contributed by atoms with van der Waals surface area (Å²) in [5.41, 5.74) is 12.1. The maximum Gasteiger partial charge on any atom is 0.247 e. The Balaban J connectivity index is 0.869. The van der Waals surface area contributed by atoms with Crippen LogP contribution in [0.15, 0.2) is 41.3 Å². The first kappa shape index (κ1) is 100. The predicted molar refractivity (Wildman–Crippen MR) is 474 cm³/mol. The molecule has 0 aromatic heterocycles. The summed E-state index contributed by atoms with van der Waals surface area (Å²) in [6.07, 6.45) is -13.7. The summed E-state index contributed by atoms with van der Waals surface area (Å²) in [4.78, 5) is 124. The Morgan fingerprint density at radius 3 is 1.90 bits per heavy atom. The minimum atomic E-state index is -4.07. The second-order valence-corrected chi connectivity index (χ2v) is 42.8. The van der Waals surface area contributed by atoms with Crippen LogP contribution in [0.4, 0.5) is 0 Å². The number of benzene rings is 2. The Hall–Kier alpha value is -6.67. The minimum Gasteiger partial charge on any atom is -0.494 e. The Morgan fingerprint density at radius 1 is 0.641 bits per heavy atom. The van der Waals surface area contributed by atoms with E-state index < -0.39 is 262 Å². The number of amides is 8. The fraction of sp³-hybridized carbons (Fsp3) is 0.780. The summed E-state index contributed by atoms with van der Waals surface area (Å²) >= 11 is 15.1. The highest BCUT2D eigenvalue weighted by Gasteiger charge is 2.58. The molecule has 23 N–H and O–H groups in total. The van der Waals surface area contributed by atoms with Crippen molar-refractivity contribution in [3.63, 3.8) is 0 Å². The molecular formula is C91H138Cl2N12O25S. The van der Waals surface area contributed by atoms with Gasteiger partial charge in [0.25, 0.3) is 0 Å². The van der Waals surface area contributed by atoms with Crippen LogP contribution in [-0.4, -0.2) is 286 Å². The van der Waals surface area contributed by atoms with Gasteiger partial charge in [-0.15, -0.1) is 23.2 Å². The number of nitrogens with two attached hydrogens (primary N) is 2. The number of fused-ring (bicyclic) bond motifs is 15. The van der Waals surface area contributed by atoms with Crippen LogP contribution in [0.5, 0.6) is 23.0 Å². The fourth-order valence-electron chi connectivity index (χ4n) is 23.7. The topological polar surface area (TPSA) is 580 Å². The molecular weight excluding hydrogens is 1760 g/mol. The van der Waals surface area contributed by atoms with Crippen LogP contribution in [0.3, 0.4) is 0 Å². The summed E-state index contributed by atoms with van der Waals surface area (Å²) < 4.78 is 69.9. The lowest BCUT2D eigenvalue weighted by molar-refractivity contribution is -0.278. The molecule has 15 aliphatic rings. The Bertz CT molecular complexity index is 4380. The van der Waals surface area contributed by atoms with Crippen molar-refractivity contribution in [3.8, 4) is 23.0 Å². The van der Waals surface area contributed by atoms with Gasteiger partial charge in [-0.25, -0.2) is 13.1 Å². The Kier molecular flexibility index (Phi) is 33.5. The van der Waals surface area contributed by atoms with Crippen LogP contribution >= 0.6 is 23.2 Å². The van der Waals surface area contributed by atoms with Gasteiger partial charge < -0.3 is 134 Å². The van der Waals surface area contributed by atoms with Crippen molar-refractivity contribution in [2.24, 2.45) is 88.4 Å². The van der Waals surface area contributed by atoms with E-state index in [1.54, 1.807) is 19.1 Å². The molecule has 6 aliphatic heterocycles. The van der Waals surface area contributed by atoms with E-state index in [1.807, 2.05) is 13.8 Å². The quantitative estimate of drug-likeness (QED) is 0.0405. The van der Waals surface area contributed by atoms with Gasteiger partial charge in [0.1, 0.15) is 72.5 Å². The molecule has 4 unspecified atom stereocenters. The van der Waals surface area contributed by atoms with Crippen LogP contribution in [0.25, 0.3) is 0 Å². The summed E-state index contributed by atoms with van der Waals surface area (Å²) in [7, 11) is -2.54. The summed E-state index contributed by atoms with van der Waals surface area (Å²) in [5, 5.41) is 135. The number of carbonyl (C=O) groups is 8. The summed E-state index contributed by atoms with van der Waals surface area (Å²) in [5.74, 6) is -16.6. The zero-order valence-corrected chi connectivity index (χ0v) is 77.4. The molecule has 15 bridgehead atoms. The zero-order valence-electron chi connectivity index (χ0n) is 75.1. The van der Waals surface area contributed by atoms with Crippen molar-refractivity contribution in [3.05, 3.63) is 42.0 Å². The lowest BCUT2D eigenvalue weighted by Crippen LogP contribution is -2.68. The predicted octanol–water partition coefficient (Wildman–Crippen LogP) is -0.241. The van der Waals surface area contributed by atoms with Crippen molar-refractivity contribution in [1.82, 2.24) is 52.6 Å². The fourth-order valence-corrected chi connectivity index (χ4v) is 25.5. The smallest absolute Gasteiger partial charge is 0.247 e. The highest BCUT2D eigenvalue weighted by Crippen LogP contribution is 2.55. The van der Waals surface area contributed by atoms with Gasteiger partial charge in [0.2, 0.25) is 63.0 Å². The number of halogens is 2. The van der Waals surface area contributed by atoms with Crippen molar-refractivity contribution in [2.75, 3.05) is 39.9 Å². The first-order chi connectivity index (χ1) is 62.5. The van der Waals surface area contributed by atoms with Crippen molar-refractivity contribution in [2.45, 2.75) is 331 Å². The monoisotopic (exact) mass is 1900 g/mol. The van der Waals surface area contributed by atoms with Gasteiger partial charge >= 0.3 is 0 Å². The van der Waals surface area contributed by atoms with E-state index in [2.05, 4.69) is 59.5 Å². The van der Waals surface area contributed by atoms with E-state index in [1.165, 1.54) is 31.3 Å². The number of alkyl halides is 2. The molecule has 2 saturated heterocycles. The number of aliphatic hydroxyl groups excluding tert-OH is 9. The number of nitrogens with one attached hydrogen (secondary N) is 10. The van der Waals surface area contributed by atoms with Gasteiger partial charge in [-0.05, 0) is 237 Å². The van der Waals surface area contributed by atoms with Crippen LogP contribution in [0, 0.1) is 76.9 Å². The van der Waals surface area contributed by atoms with E-state index >= 15 is 28.8 Å². The van der Waals surface area contributed by atoms with E-state index in [0.717, 1.165) is 57.8 Å². The van der Waals surface area contributed by atoms with Gasteiger partial charge in [0.05, 0.1) is 83.6 Å². The first-order valence-electron chi connectivity index (χ1n) is 47.6. The van der Waals surface area contributed by atoms with Crippen molar-refractivity contribution < 1.29 is 121 Å². The number of primary amides is 1. The van der Waals surface area contributed by atoms with E-state index in [4.69, 9.17) is 63.1 Å². The maximum atomic E-state index is 16.8. The lowest BCUT2D eigenvalue weighted by atomic mass is 9.54. The molecule has 8 amide bonds. The lowest BCUT2D eigenvalue weighted by Gasteiger charge is -2.55. The zero-order chi connectivity index (χ0) is 93.9. The molecule has 9 aliphatic carbocycles. The highest BCUT2D eigenvalue weighted by atomic mass is 35.5. The average molecular weight is 1900 g/mol. The molecule has 6 heterocycles. The van der Waals surface area contributed by atoms with E-state index in [-0.39, 0.29) is 155 Å². The molecule has 732 valence electrons. The third-order valence-corrected chi connectivity index (χ3v) is 32.9. The SMILES string of the molecule is CCCCCCOc1ccc(S(=O)(=O)NCCNCC2[C@H](O)C3C4C[C@H](CC[C@H]4O)[C@H]4NC(=O)[C@@H]5NC(=O)[C@H](CC(N)=O)NC(=O)[C@H](NC(=O)[C@@H](CC(C)C)NC)[C@H](O)[C@H]6CC[C@@H](Oc7cc5cc(c7O[C@@H]5C[C@H](CO)[C@@H](O)[C@H](O)[C@H]5O[C@H]5C[C@H](N)[C@H](O)[C@H](C)O5)O[C@@H]5CC[C@@H](C[C@@H]5Cl)[C@@H](O)[C@H](NC4=O)C(=O)N[C@H](C(=O)NC4C5CC7CC(C5)CC4C7)C3C[C@@H]2O)[C@H](Cl)C6)cc1. The molecule has 0 spiro atoms.